The van der Waals surface area contributed by atoms with Crippen molar-refractivity contribution in [1.82, 2.24) is 30.0 Å². The fourth-order valence-corrected chi connectivity index (χ4v) is 7.00. The van der Waals surface area contributed by atoms with Crippen LogP contribution in [0.1, 0.15) is 64.1 Å². The van der Waals surface area contributed by atoms with Crippen LogP contribution in [0, 0.1) is 24.7 Å². The Balaban J connectivity index is 1.91. The molecule has 11 nitrogen and oxygen atoms in total. The highest BCUT2D eigenvalue weighted by Gasteiger charge is 2.54. The highest BCUT2D eigenvalue weighted by atomic mass is 32.2. The number of carbonyl (C=O) groups excluding carboxylic acids is 1. The van der Waals surface area contributed by atoms with E-state index in [4.69, 9.17) is 19.7 Å². The van der Waals surface area contributed by atoms with Crippen LogP contribution in [-0.2, 0) is 13.0 Å². The number of pyridine rings is 1. The molecule has 4 heterocycles. The predicted octanol–water partition coefficient (Wildman–Crippen LogP) is 5.14. The summed E-state index contributed by atoms with van der Waals surface area (Å²) in [5, 5.41) is 17.0. The van der Waals surface area contributed by atoms with Crippen LogP contribution in [-0.4, -0.2) is 53.9 Å². The zero-order chi connectivity index (χ0) is 28.2. The maximum Gasteiger partial charge on any atom is 0.424 e. The van der Waals surface area contributed by atoms with Gasteiger partial charge >= 0.3 is 18.2 Å². The number of imide groups is 1. The van der Waals surface area contributed by atoms with Crippen LogP contribution < -0.4 is 14.8 Å². The van der Waals surface area contributed by atoms with Gasteiger partial charge in [0.15, 0.2) is 5.65 Å². The first-order valence-electron chi connectivity index (χ1n) is 12.2. The molecule has 1 aliphatic heterocycles. The molecule has 3 aromatic rings. The lowest BCUT2D eigenvalue weighted by atomic mass is 9.63. The van der Waals surface area contributed by atoms with Gasteiger partial charge in [0, 0.05) is 28.5 Å². The van der Waals surface area contributed by atoms with Crippen molar-refractivity contribution in [3.8, 4) is 11.8 Å². The topological polar surface area (TPSA) is 141 Å². The van der Waals surface area contributed by atoms with Crippen molar-refractivity contribution >= 4 is 35.0 Å². The van der Waals surface area contributed by atoms with E-state index in [9.17, 15) is 9.59 Å². The molecule has 12 heteroatoms. The number of methoxy groups -OCH3 is 1. The lowest BCUT2D eigenvalue weighted by Crippen LogP contribution is -2.53. The second-order valence-electron chi connectivity index (χ2n) is 11.6. The molecule has 0 aromatic carbocycles. The van der Waals surface area contributed by atoms with E-state index in [1.807, 2.05) is 13.8 Å². The molecule has 2 N–H and O–H groups in total. The Hall–Kier alpha value is -3.41. The minimum Gasteiger partial charge on any atom is -0.496 e. The summed E-state index contributed by atoms with van der Waals surface area (Å²) in [6, 6.07) is -0.253. The van der Waals surface area contributed by atoms with E-state index in [2.05, 4.69) is 56.5 Å². The van der Waals surface area contributed by atoms with Gasteiger partial charge in [0.2, 0.25) is 0 Å². The zero-order valence-electron chi connectivity index (χ0n) is 23.2. The van der Waals surface area contributed by atoms with Gasteiger partial charge in [-0.3, -0.25) is 4.98 Å². The van der Waals surface area contributed by atoms with Gasteiger partial charge < -0.3 is 14.6 Å². The van der Waals surface area contributed by atoms with Gasteiger partial charge in [0.05, 0.1) is 30.4 Å². The summed E-state index contributed by atoms with van der Waals surface area (Å²) in [6.45, 7) is 17.4. The van der Waals surface area contributed by atoms with Crippen LogP contribution in [0.2, 0.25) is 0 Å². The summed E-state index contributed by atoms with van der Waals surface area (Å²) < 4.78 is 12.2. The molecule has 0 spiro atoms. The molecule has 204 valence electrons. The molecule has 0 aliphatic carbocycles. The normalized spacial score (nSPS) is 14.9. The average Bonchev–Trinajstić information content (AvgIpc) is 3.11. The molecule has 0 fully saturated rings. The van der Waals surface area contributed by atoms with Crippen LogP contribution in [0.15, 0.2) is 11.2 Å². The number of hydrogen-bond donors (Lipinski definition) is 2. The molecule has 0 saturated heterocycles. The Labute approximate surface area is 225 Å². The SMILES string of the molecule is COc1c(C)cnc(Cn2nc3c4c(nc(OC(=O)NC(=O)O)nc42)SC(C(C)(C)C)(C(C)(C)C)C3)c1C. The van der Waals surface area contributed by atoms with Gasteiger partial charge in [-0.25, -0.2) is 19.6 Å². The van der Waals surface area contributed by atoms with Gasteiger partial charge in [0.1, 0.15) is 10.8 Å². The molecule has 0 saturated carbocycles. The molecule has 0 bridgehead atoms. The molecule has 38 heavy (non-hydrogen) atoms. The van der Waals surface area contributed by atoms with Crippen LogP contribution >= 0.6 is 11.8 Å². The largest absolute Gasteiger partial charge is 0.496 e. The molecular weight excluding hydrogens is 508 g/mol. The monoisotopic (exact) mass is 542 g/mol. The Morgan fingerprint density at radius 2 is 1.82 bits per heavy atom. The van der Waals surface area contributed by atoms with Gasteiger partial charge in [-0.1, -0.05) is 53.3 Å². The third-order valence-electron chi connectivity index (χ3n) is 7.16. The number of carboxylic acid groups (broad SMARTS) is 1. The first-order valence-corrected chi connectivity index (χ1v) is 13.1. The smallest absolute Gasteiger partial charge is 0.424 e. The number of amides is 2. The van der Waals surface area contributed by atoms with Crippen molar-refractivity contribution in [3.63, 3.8) is 0 Å². The number of nitrogens with zero attached hydrogens (tertiary/aromatic N) is 5. The molecule has 0 radical (unpaired) electrons. The number of nitrogens with one attached hydrogen (secondary N) is 1. The van der Waals surface area contributed by atoms with Crippen molar-refractivity contribution < 1.29 is 24.2 Å². The van der Waals surface area contributed by atoms with E-state index in [0.29, 0.717) is 23.6 Å². The minimum atomic E-state index is -1.53. The Morgan fingerprint density at radius 3 is 2.39 bits per heavy atom. The molecule has 1 aliphatic rings. The first-order chi connectivity index (χ1) is 17.6. The van der Waals surface area contributed by atoms with Crippen molar-refractivity contribution in [2.24, 2.45) is 10.8 Å². The lowest BCUT2D eigenvalue weighted by Gasteiger charge is -2.54. The highest BCUT2D eigenvalue weighted by molar-refractivity contribution is 8.01. The van der Waals surface area contributed by atoms with Gasteiger partial charge in [0.25, 0.3) is 0 Å². The second-order valence-corrected chi connectivity index (χ2v) is 12.9. The van der Waals surface area contributed by atoms with Crippen molar-refractivity contribution in [1.29, 1.82) is 0 Å². The van der Waals surface area contributed by atoms with Gasteiger partial charge in [-0.05, 0) is 24.7 Å². The number of aryl methyl sites for hydroxylation is 1. The van der Waals surface area contributed by atoms with Gasteiger partial charge in [-0.2, -0.15) is 15.1 Å². The number of carbonyl (C=O) groups is 2. The van der Waals surface area contributed by atoms with E-state index in [-0.39, 0.29) is 21.6 Å². The van der Waals surface area contributed by atoms with Crippen LogP contribution in [0.5, 0.6) is 11.8 Å². The lowest BCUT2D eigenvalue weighted by molar-refractivity contribution is 0.138. The first kappa shape index (κ1) is 27.6. The third-order valence-corrected chi connectivity index (χ3v) is 9.37. The maximum atomic E-state index is 12.1. The van der Waals surface area contributed by atoms with Crippen LogP contribution in [0.3, 0.4) is 0 Å². The van der Waals surface area contributed by atoms with Crippen LogP contribution in [0.4, 0.5) is 9.59 Å². The number of thioether (sulfide) groups is 1. The molecular formula is C26H34N6O5S. The Kier molecular flexibility index (Phi) is 6.84. The standard InChI is InChI=1S/C26H34N6O5S/c1-13-11-27-16(14(2)18(13)36-9)12-32-19-17-15(31-32)10-26(24(3,4)5,25(6,7)8)38-20(17)29-21(28-19)37-23(35)30-22(33)34/h11H,10,12H2,1-9H3,(H,30,35)(H,33,34). The molecule has 3 aromatic heterocycles. The summed E-state index contributed by atoms with van der Waals surface area (Å²) in [4.78, 5) is 36.7. The van der Waals surface area contributed by atoms with E-state index in [1.54, 1.807) is 35.1 Å². The summed E-state index contributed by atoms with van der Waals surface area (Å²) >= 11 is 1.63. The Bertz CT molecular complexity index is 1420. The highest BCUT2D eigenvalue weighted by Crippen LogP contribution is 2.60. The summed E-state index contributed by atoms with van der Waals surface area (Å²) in [5.74, 6) is 0.760. The third kappa shape index (κ3) is 4.65. The van der Waals surface area contributed by atoms with E-state index in [1.165, 1.54) is 0 Å². The van der Waals surface area contributed by atoms with Crippen LogP contribution in [0.25, 0.3) is 11.0 Å². The summed E-state index contributed by atoms with van der Waals surface area (Å²) in [5.41, 5.74) is 3.62. The molecule has 2 amide bonds. The van der Waals surface area contributed by atoms with E-state index >= 15 is 0 Å². The summed E-state index contributed by atoms with van der Waals surface area (Å²) in [6.07, 6.45) is -0.270. The second kappa shape index (κ2) is 9.40. The Morgan fingerprint density at radius 1 is 1.16 bits per heavy atom. The zero-order valence-corrected chi connectivity index (χ0v) is 24.0. The van der Waals surface area contributed by atoms with E-state index in [0.717, 1.165) is 33.7 Å². The van der Waals surface area contributed by atoms with Crippen molar-refractivity contribution in [2.75, 3.05) is 7.11 Å². The number of aromatic nitrogens is 5. The fourth-order valence-electron chi connectivity index (χ4n) is 5.41. The average molecular weight is 543 g/mol. The molecule has 4 rings (SSSR count). The molecule has 0 atom stereocenters. The van der Waals surface area contributed by atoms with E-state index < -0.39 is 12.2 Å². The fraction of sp³-hybridized carbons (Fsp3) is 0.538. The van der Waals surface area contributed by atoms with Crippen molar-refractivity contribution in [3.05, 3.63) is 28.7 Å². The van der Waals surface area contributed by atoms with Gasteiger partial charge in [-0.15, -0.1) is 0 Å². The molecule has 0 unspecified atom stereocenters. The number of hydrogen-bond acceptors (Lipinski definition) is 9. The quantitative estimate of drug-likeness (QED) is 0.426. The number of rotatable bonds is 4. The maximum absolute atomic E-state index is 12.1. The minimum absolute atomic E-state index is 0.154. The predicted molar refractivity (Wildman–Crippen MR) is 143 cm³/mol. The number of ether oxygens (including phenoxy) is 2. The summed E-state index contributed by atoms with van der Waals surface area (Å²) in [7, 11) is 1.63. The van der Waals surface area contributed by atoms with Crippen molar-refractivity contribution in [2.45, 2.75) is 78.1 Å².